The van der Waals surface area contributed by atoms with Gasteiger partial charge in [0.15, 0.2) is 5.82 Å². The van der Waals surface area contributed by atoms with Crippen LogP contribution in [0.3, 0.4) is 0 Å². The van der Waals surface area contributed by atoms with Crippen molar-refractivity contribution in [1.82, 2.24) is 9.97 Å². The van der Waals surface area contributed by atoms with Crippen LogP contribution >= 0.6 is 0 Å². The van der Waals surface area contributed by atoms with Crippen LogP contribution in [0.1, 0.15) is 5.56 Å². The Morgan fingerprint density at radius 1 is 0.906 bits per heavy atom. The first-order chi connectivity index (χ1) is 15.4. The molecule has 0 fully saturated rings. The lowest BCUT2D eigenvalue weighted by atomic mass is 10.2. The molecule has 0 unspecified atom stereocenters. The summed E-state index contributed by atoms with van der Waals surface area (Å²) in [6.45, 7) is 0. The van der Waals surface area contributed by atoms with E-state index in [-0.39, 0.29) is 16.5 Å². The van der Waals surface area contributed by atoms with Gasteiger partial charge < -0.3 is 5.32 Å². The second-order valence-corrected chi connectivity index (χ2v) is 8.43. The molecule has 3 aromatic carbocycles. The highest BCUT2D eigenvalue weighted by Crippen LogP contribution is 2.18. The molecule has 0 aliphatic heterocycles. The van der Waals surface area contributed by atoms with Crippen LogP contribution in [-0.2, 0) is 14.8 Å². The van der Waals surface area contributed by atoms with Gasteiger partial charge in [0.2, 0.25) is 5.91 Å². The molecule has 1 aromatic heterocycles. The van der Waals surface area contributed by atoms with Gasteiger partial charge in [0.05, 0.1) is 22.1 Å². The van der Waals surface area contributed by atoms with Crippen LogP contribution in [0.4, 0.5) is 15.9 Å². The van der Waals surface area contributed by atoms with Crippen molar-refractivity contribution >= 4 is 44.5 Å². The lowest BCUT2D eigenvalue weighted by Gasteiger charge is -2.09. The number of rotatable bonds is 6. The fraction of sp³-hybridized carbons (Fsp3) is 0. The van der Waals surface area contributed by atoms with Gasteiger partial charge in [0.1, 0.15) is 5.82 Å². The Kier molecular flexibility index (Phi) is 5.91. The van der Waals surface area contributed by atoms with Gasteiger partial charge in [-0.25, -0.2) is 17.8 Å². The molecule has 9 heteroatoms. The predicted molar refractivity (Wildman–Crippen MR) is 121 cm³/mol. The minimum Gasteiger partial charge on any atom is -0.323 e. The molecule has 0 aliphatic carbocycles. The Labute approximate surface area is 183 Å². The Balaban J connectivity index is 1.42. The van der Waals surface area contributed by atoms with Crippen LogP contribution in [0, 0.1) is 5.82 Å². The van der Waals surface area contributed by atoms with Crippen LogP contribution < -0.4 is 10.0 Å². The number of fused-ring (bicyclic) bond motifs is 1. The fourth-order valence-corrected chi connectivity index (χ4v) is 3.84. The average Bonchev–Trinajstić information content (AvgIpc) is 2.79. The van der Waals surface area contributed by atoms with Gasteiger partial charge in [-0.05, 0) is 60.2 Å². The van der Waals surface area contributed by atoms with Crippen molar-refractivity contribution in [3.63, 3.8) is 0 Å². The number of carbonyl (C=O) groups is 1. The van der Waals surface area contributed by atoms with Crippen molar-refractivity contribution in [1.29, 1.82) is 0 Å². The Bertz CT molecular complexity index is 1400. The van der Waals surface area contributed by atoms with Gasteiger partial charge in [-0.1, -0.05) is 24.3 Å². The molecule has 0 aliphatic rings. The smallest absolute Gasteiger partial charge is 0.263 e. The highest BCUT2D eigenvalue weighted by atomic mass is 32.2. The maximum Gasteiger partial charge on any atom is 0.263 e. The number of carbonyl (C=O) groups excluding carboxylic acids is 1. The number of aromatic nitrogens is 2. The number of hydrogen-bond donors (Lipinski definition) is 2. The maximum absolute atomic E-state index is 12.9. The molecule has 0 radical (unpaired) electrons. The number of hydrogen-bond acceptors (Lipinski definition) is 5. The van der Waals surface area contributed by atoms with E-state index in [9.17, 15) is 17.6 Å². The molecule has 4 aromatic rings. The van der Waals surface area contributed by atoms with Crippen LogP contribution in [-0.4, -0.2) is 24.3 Å². The largest absolute Gasteiger partial charge is 0.323 e. The first kappa shape index (κ1) is 21.1. The van der Waals surface area contributed by atoms with Crippen molar-refractivity contribution in [3.8, 4) is 0 Å². The van der Waals surface area contributed by atoms with Crippen LogP contribution in [0.2, 0.25) is 0 Å². The summed E-state index contributed by atoms with van der Waals surface area (Å²) < 4.78 is 40.6. The van der Waals surface area contributed by atoms with Gasteiger partial charge in [-0.15, -0.1) is 0 Å². The molecule has 0 bridgehead atoms. The van der Waals surface area contributed by atoms with Gasteiger partial charge in [0.25, 0.3) is 10.0 Å². The Hall–Kier alpha value is -4.11. The number of nitrogens with zero attached hydrogens (tertiary/aromatic N) is 2. The number of sulfonamides is 1. The van der Waals surface area contributed by atoms with Crippen LogP contribution in [0.25, 0.3) is 17.1 Å². The van der Waals surface area contributed by atoms with Crippen molar-refractivity contribution in [2.75, 3.05) is 10.0 Å². The van der Waals surface area contributed by atoms with E-state index in [1.54, 1.807) is 36.4 Å². The quantitative estimate of drug-likeness (QED) is 0.430. The van der Waals surface area contributed by atoms with Crippen LogP contribution in [0.15, 0.2) is 90.0 Å². The standard InChI is InChI=1S/C23H17FN4O3S/c24-17-8-5-16(6-9-17)7-14-23(29)26-18-10-12-19(13-11-18)32(30,31)28-22-15-25-20-3-1-2-4-21(20)27-22/h1-15H,(H,26,29)(H,27,28)/b14-7+. The molecule has 1 amide bonds. The minimum absolute atomic E-state index is 0.00677. The highest BCUT2D eigenvalue weighted by molar-refractivity contribution is 7.92. The number of halogens is 1. The van der Waals surface area contributed by atoms with Gasteiger partial charge in [0, 0.05) is 11.8 Å². The maximum atomic E-state index is 12.9. The molecule has 4 rings (SSSR count). The lowest BCUT2D eigenvalue weighted by Crippen LogP contribution is -2.14. The van der Waals surface area contributed by atoms with E-state index < -0.39 is 15.9 Å². The zero-order chi connectivity index (χ0) is 22.6. The van der Waals surface area contributed by atoms with E-state index >= 15 is 0 Å². The average molecular weight is 448 g/mol. The molecule has 2 N–H and O–H groups in total. The summed E-state index contributed by atoms with van der Waals surface area (Å²) >= 11 is 0. The molecule has 160 valence electrons. The normalized spacial score (nSPS) is 11.5. The van der Waals surface area contributed by atoms with Crippen molar-refractivity contribution < 1.29 is 17.6 Å². The summed E-state index contributed by atoms with van der Waals surface area (Å²) in [5.41, 5.74) is 2.32. The van der Waals surface area contributed by atoms with E-state index in [1.807, 2.05) is 6.07 Å². The molecule has 7 nitrogen and oxygen atoms in total. The summed E-state index contributed by atoms with van der Waals surface area (Å²) in [5.74, 6) is -0.662. The molecule has 0 atom stereocenters. The number of benzene rings is 3. The molecule has 1 heterocycles. The third-order valence-corrected chi connectivity index (χ3v) is 5.79. The SMILES string of the molecule is O=C(/C=C/c1ccc(F)cc1)Nc1ccc(S(=O)(=O)Nc2cnc3ccccc3n2)cc1. The third-order valence-electron chi connectivity index (χ3n) is 4.42. The van der Waals surface area contributed by atoms with E-state index in [2.05, 4.69) is 20.0 Å². The zero-order valence-corrected chi connectivity index (χ0v) is 17.4. The first-order valence-corrected chi connectivity index (χ1v) is 11.0. The summed E-state index contributed by atoms with van der Waals surface area (Å²) in [5, 5.41) is 2.63. The monoisotopic (exact) mass is 448 g/mol. The van der Waals surface area contributed by atoms with Gasteiger partial charge in [-0.3, -0.25) is 14.5 Å². The number of amides is 1. The minimum atomic E-state index is -3.89. The lowest BCUT2D eigenvalue weighted by molar-refractivity contribution is -0.111. The summed E-state index contributed by atoms with van der Waals surface area (Å²) in [7, 11) is -3.89. The number of anilines is 2. The van der Waals surface area contributed by atoms with E-state index in [0.29, 0.717) is 22.3 Å². The first-order valence-electron chi connectivity index (χ1n) is 9.48. The van der Waals surface area contributed by atoms with Crippen LogP contribution in [0.5, 0.6) is 0 Å². The molecule has 0 saturated heterocycles. The summed E-state index contributed by atoms with van der Waals surface area (Å²) in [4.78, 5) is 20.5. The molecule has 0 saturated carbocycles. The second-order valence-electron chi connectivity index (χ2n) is 6.75. The second kappa shape index (κ2) is 8.94. The Morgan fingerprint density at radius 2 is 1.59 bits per heavy atom. The van der Waals surface area contributed by atoms with Crippen molar-refractivity contribution in [3.05, 3.63) is 96.4 Å². The number of para-hydroxylation sites is 2. The van der Waals surface area contributed by atoms with Crippen molar-refractivity contribution in [2.24, 2.45) is 0 Å². The summed E-state index contributed by atoms with van der Waals surface area (Å²) in [6, 6.07) is 18.5. The van der Waals surface area contributed by atoms with E-state index in [0.717, 1.165) is 0 Å². The molecular formula is C23H17FN4O3S. The molecular weight excluding hydrogens is 431 g/mol. The number of nitrogens with one attached hydrogen (secondary N) is 2. The van der Waals surface area contributed by atoms with Gasteiger partial charge in [-0.2, -0.15) is 0 Å². The van der Waals surface area contributed by atoms with E-state index in [4.69, 9.17) is 0 Å². The molecule has 0 spiro atoms. The predicted octanol–water partition coefficient (Wildman–Crippen LogP) is 4.22. The highest BCUT2D eigenvalue weighted by Gasteiger charge is 2.15. The third kappa shape index (κ3) is 5.13. The Morgan fingerprint density at radius 3 is 2.31 bits per heavy atom. The molecule has 32 heavy (non-hydrogen) atoms. The van der Waals surface area contributed by atoms with E-state index in [1.165, 1.54) is 48.7 Å². The summed E-state index contributed by atoms with van der Waals surface area (Å²) in [6.07, 6.45) is 4.20. The van der Waals surface area contributed by atoms with Gasteiger partial charge >= 0.3 is 0 Å². The zero-order valence-electron chi connectivity index (χ0n) is 16.6. The topological polar surface area (TPSA) is 101 Å². The van der Waals surface area contributed by atoms with Crippen molar-refractivity contribution in [2.45, 2.75) is 4.90 Å². The fourth-order valence-electron chi connectivity index (χ4n) is 2.85.